The SMILES string of the molecule is Nc1nc(C2CCCC2)nc(Oc2ccccc2)c1C=O. The molecule has 1 aliphatic rings. The molecule has 0 aliphatic heterocycles. The van der Waals surface area contributed by atoms with Crippen LogP contribution in [0.3, 0.4) is 0 Å². The van der Waals surface area contributed by atoms with Crippen molar-refractivity contribution < 1.29 is 9.53 Å². The topological polar surface area (TPSA) is 78.1 Å². The van der Waals surface area contributed by atoms with Crippen molar-refractivity contribution in [1.29, 1.82) is 0 Å². The van der Waals surface area contributed by atoms with Crippen molar-refractivity contribution in [3.63, 3.8) is 0 Å². The van der Waals surface area contributed by atoms with Gasteiger partial charge in [0, 0.05) is 5.92 Å². The number of anilines is 1. The van der Waals surface area contributed by atoms with E-state index in [0.29, 0.717) is 23.8 Å². The third kappa shape index (κ3) is 2.86. The average Bonchev–Trinajstić information content (AvgIpc) is 3.02. The van der Waals surface area contributed by atoms with Crippen LogP contribution >= 0.6 is 0 Å². The Bertz CT molecular complexity index is 637. The Morgan fingerprint density at radius 3 is 2.52 bits per heavy atom. The van der Waals surface area contributed by atoms with Crippen molar-refractivity contribution in [2.75, 3.05) is 5.73 Å². The lowest BCUT2D eigenvalue weighted by molar-refractivity contribution is 0.112. The number of carbonyl (C=O) groups excluding carboxylic acids is 1. The molecule has 0 saturated heterocycles. The van der Waals surface area contributed by atoms with Crippen LogP contribution in [0.4, 0.5) is 5.82 Å². The number of aldehydes is 1. The maximum Gasteiger partial charge on any atom is 0.235 e. The quantitative estimate of drug-likeness (QED) is 0.871. The highest BCUT2D eigenvalue weighted by molar-refractivity contribution is 5.84. The number of carbonyl (C=O) groups is 1. The van der Waals surface area contributed by atoms with E-state index in [9.17, 15) is 4.79 Å². The van der Waals surface area contributed by atoms with Crippen molar-refractivity contribution in [3.05, 3.63) is 41.7 Å². The second-order valence-electron chi connectivity index (χ2n) is 5.20. The number of hydrogen-bond donors (Lipinski definition) is 1. The molecule has 5 heteroatoms. The number of aromatic nitrogens is 2. The molecule has 0 radical (unpaired) electrons. The molecule has 5 nitrogen and oxygen atoms in total. The summed E-state index contributed by atoms with van der Waals surface area (Å²) in [4.78, 5) is 20.0. The molecule has 1 saturated carbocycles. The number of rotatable bonds is 4. The van der Waals surface area contributed by atoms with Gasteiger partial charge in [0.15, 0.2) is 6.29 Å². The summed E-state index contributed by atoms with van der Waals surface area (Å²) < 4.78 is 5.72. The fraction of sp³-hybridized carbons (Fsp3) is 0.312. The second-order valence-corrected chi connectivity index (χ2v) is 5.20. The largest absolute Gasteiger partial charge is 0.438 e. The van der Waals surface area contributed by atoms with E-state index in [4.69, 9.17) is 10.5 Å². The fourth-order valence-corrected chi connectivity index (χ4v) is 2.64. The van der Waals surface area contributed by atoms with E-state index in [1.165, 1.54) is 12.8 Å². The van der Waals surface area contributed by atoms with E-state index in [1.54, 1.807) is 0 Å². The minimum absolute atomic E-state index is 0.188. The third-order valence-corrected chi connectivity index (χ3v) is 3.75. The van der Waals surface area contributed by atoms with Gasteiger partial charge in [-0.15, -0.1) is 0 Å². The van der Waals surface area contributed by atoms with Crippen LogP contribution in [0.2, 0.25) is 0 Å². The number of hydrogen-bond acceptors (Lipinski definition) is 5. The maximum atomic E-state index is 11.2. The highest BCUT2D eigenvalue weighted by atomic mass is 16.5. The van der Waals surface area contributed by atoms with Gasteiger partial charge in [-0.05, 0) is 25.0 Å². The molecule has 1 aliphatic carbocycles. The predicted octanol–water partition coefficient (Wildman–Crippen LogP) is 3.32. The van der Waals surface area contributed by atoms with Gasteiger partial charge in [-0.25, -0.2) is 4.98 Å². The lowest BCUT2D eigenvalue weighted by atomic mass is 10.1. The average molecular weight is 283 g/mol. The molecular weight excluding hydrogens is 266 g/mol. The predicted molar refractivity (Wildman–Crippen MR) is 79.6 cm³/mol. The van der Waals surface area contributed by atoms with Gasteiger partial charge < -0.3 is 10.5 Å². The first-order valence-corrected chi connectivity index (χ1v) is 7.13. The van der Waals surface area contributed by atoms with Crippen molar-refractivity contribution in [3.8, 4) is 11.6 Å². The van der Waals surface area contributed by atoms with E-state index < -0.39 is 0 Å². The maximum absolute atomic E-state index is 11.2. The van der Waals surface area contributed by atoms with Gasteiger partial charge in [0.1, 0.15) is 23.0 Å². The summed E-state index contributed by atoms with van der Waals surface area (Å²) in [5, 5.41) is 0. The number of nitrogen functional groups attached to an aromatic ring is 1. The molecule has 0 spiro atoms. The van der Waals surface area contributed by atoms with Crippen LogP contribution < -0.4 is 10.5 Å². The van der Waals surface area contributed by atoms with E-state index in [2.05, 4.69) is 9.97 Å². The first-order chi connectivity index (χ1) is 10.3. The Balaban J connectivity index is 1.98. The molecule has 21 heavy (non-hydrogen) atoms. The van der Waals surface area contributed by atoms with Crippen molar-refractivity contribution in [2.24, 2.45) is 0 Å². The Morgan fingerprint density at radius 2 is 1.86 bits per heavy atom. The van der Waals surface area contributed by atoms with Crippen LogP contribution in [0.25, 0.3) is 0 Å². The summed E-state index contributed by atoms with van der Waals surface area (Å²) >= 11 is 0. The summed E-state index contributed by atoms with van der Waals surface area (Å²) in [7, 11) is 0. The number of benzene rings is 1. The molecule has 2 N–H and O–H groups in total. The van der Waals surface area contributed by atoms with Crippen molar-refractivity contribution in [1.82, 2.24) is 9.97 Å². The van der Waals surface area contributed by atoms with E-state index in [1.807, 2.05) is 30.3 Å². The molecule has 0 atom stereocenters. The number of ether oxygens (including phenoxy) is 1. The highest BCUT2D eigenvalue weighted by Gasteiger charge is 2.23. The molecule has 0 unspecified atom stereocenters. The zero-order valence-corrected chi connectivity index (χ0v) is 11.7. The van der Waals surface area contributed by atoms with Crippen LogP contribution in [-0.2, 0) is 0 Å². The van der Waals surface area contributed by atoms with Gasteiger partial charge in [-0.3, -0.25) is 4.79 Å². The Kier molecular flexibility index (Phi) is 3.81. The summed E-state index contributed by atoms with van der Waals surface area (Å²) in [6, 6.07) is 9.23. The minimum atomic E-state index is 0.188. The van der Waals surface area contributed by atoms with Gasteiger partial charge >= 0.3 is 0 Å². The van der Waals surface area contributed by atoms with Gasteiger partial charge in [0.2, 0.25) is 5.88 Å². The van der Waals surface area contributed by atoms with Gasteiger partial charge in [-0.2, -0.15) is 4.98 Å². The summed E-state index contributed by atoms with van der Waals surface area (Å²) in [5.74, 6) is 2.04. The lowest BCUT2D eigenvalue weighted by Crippen LogP contribution is -2.09. The first kappa shape index (κ1) is 13.5. The molecule has 0 amide bonds. The summed E-state index contributed by atoms with van der Waals surface area (Å²) in [6.07, 6.45) is 5.12. The second kappa shape index (κ2) is 5.91. The normalized spacial score (nSPS) is 15.0. The molecule has 3 rings (SSSR count). The molecule has 0 bridgehead atoms. The molecule has 108 valence electrons. The standard InChI is InChI=1S/C16H17N3O2/c17-14-13(10-20)16(21-12-8-2-1-3-9-12)19-15(18-14)11-6-4-5-7-11/h1-3,8-11H,4-7H2,(H2,17,18,19). The summed E-state index contributed by atoms with van der Waals surface area (Å²) in [6.45, 7) is 0. The van der Waals surface area contributed by atoms with Crippen LogP contribution in [0, 0.1) is 0 Å². The molecule has 1 heterocycles. The minimum Gasteiger partial charge on any atom is -0.438 e. The van der Waals surface area contributed by atoms with Gasteiger partial charge in [0.25, 0.3) is 0 Å². The van der Waals surface area contributed by atoms with Crippen molar-refractivity contribution in [2.45, 2.75) is 31.6 Å². The van der Waals surface area contributed by atoms with Gasteiger partial charge in [-0.1, -0.05) is 31.0 Å². The highest BCUT2D eigenvalue weighted by Crippen LogP contribution is 2.35. The zero-order valence-electron chi connectivity index (χ0n) is 11.7. The monoisotopic (exact) mass is 283 g/mol. The Labute approximate surface area is 123 Å². The van der Waals surface area contributed by atoms with Crippen LogP contribution in [-0.4, -0.2) is 16.3 Å². The fourth-order valence-electron chi connectivity index (χ4n) is 2.64. The molecule has 1 fully saturated rings. The number of nitrogens with two attached hydrogens (primary N) is 1. The lowest BCUT2D eigenvalue weighted by Gasteiger charge is -2.13. The molecule has 1 aromatic heterocycles. The third-order valence-electron chi connectivity index (χ3n) is 3.75. The zero-order chi connectivity index (χ0) is 14.7. The number of nitrogens with zero attached hydrogens (tertiary/aromatic N) is 2. The Morgan fingerprint density at radius 1 is 1.14 bits per heavy atom. The first-order valence-electron chi connectivity index (χ1n) is 7.13. The van der Waals surface area contributed by atoms with E-state index in [-0.39, 0.29) is 17.3 Å². The summed E-state index contributed by atoms with van der Waals surface area (Å²) in [5.41, 5.74) is 6.10. The molecular formula is C16H17N3O2. The van der Waals surface area contributed by atoms with E-state index >= 15 is 0 Å². The van der Waals surface area contributed by atoms with Crippen LogP contribution in [0.15, 0.2) is 30.3 Å². The smallest absolute Gasteiger partial charge is 0.235 e. The van der Waals surface area contributed by atoms with E-state index in [0.717, 1.165) is 12.8 Å². The number of para-hydroxylation sites is 1. The van der Waals surface area contributed by atoms with Crippen LogP contribution in [0.5, 0.6) is 11.6 Å². The van der Waals surface area contributed by atoms with Crippen molar-refractivity contribution >= 4 is 12.1 Å². The van der Waals surface area contributed by atoms with Crippen LogP contribution in [0.1, 0.15) is 47.8 Å². The Hall–Kier alpha value is -2.43. The molecule has 2 aromatic rings. The molecule has 1 aromatic carbocycles. The van der Waals surface area contributed by atoms with Gasteiger partial charge in [0.05, 0.1) is 0 Å².